The number of pyridine rings is 1. The molecule has 3 heterocycles. The van der Waals surface area contributed by atoms with E-state index in [4.69, 9.17) is 5.73 Å². The van der Waals surface area contributed by atoms with Gasteiger partial charge in [0.15, 0.2) is 0 Å². The summed E-state index contributed by atoms with van der Waals surface area (Å²) in [5.41, 5.74) is 0.841. The van der Waals surface area contributed by atoms with Crippen LogP contribution in [0.25, 0.3) is 5.57 Å². The minimum Gasteiger partial charge on any atom is -0.453 e. The zero-order valence-corrected chi connectivity index (χ0v) is 44.0. The average Bonchev–Trinajstić information content (AvgIpc) is 3.65. The second-order valence-corrected chi connectivity index (χ2v) is 19.9. The highest BCUT2D eigenvalue weighted by Crippen LogP contribution is 2.42. The van der Waals surface area contributed by atoms with Crippen LogP contribution in [0.2, 0.25) is 0 Å². The number of halogens is 10. The lowest BCUT2D eigenvalue weighted by Gasteiger charge is -2.41. The highest BCUT2D eigenvalue weighted by molar-refractivity contribution is 6.09. The maximum Gasteiger partial charge on any atom is 0.407 e. The fraction of sp³-hybridized carbons (Fsp3) is 0.500. The van der Waals surface area contributed by atoms with Crippen molar-refractivity contribution in [2.24, 2.45) is 21.6 Å². The van der Waals surface area contributed by atoms with Gasteiger partial charge in [-0.25, -0.2) is 33.4 Å². The average molecular weight is 1130 g/mol. The molecule has 7 N–H and O–H groups in total. The van der Waals surface area contributed by atoms with Crippen molar-refractivity contribution in [3.8, 4) is 11.8 Å². The number of alkyl halides is 8. The van der Waals surface area contributed by atoms with Gasteiger partial charge in [-0.1, -0.05) is 30.9 Å². The molecule has 0 saturated carbocycles. The Kier molecular flexibility index (Phi) is 20.8. The van der Waals surface area contributed by atoms with Crippen LogP contribution in [-0.2, 0) is 32.0 Å². The van der Waals surface area contributed by atoms with Crippen LogP contribution in [0.4, 0.5) is 59.3 Å². The van der Waals surface area contributed by atoms with Crippen molar-refractivity contribution in [3.63, 3.8) is 0 Å². The van der Waals surface area contributed by atoms with E-state index in [1.807, 2.05) is 22.9 Å². The summed E-state index contributed by atoms with van der Waals surface area (Å²) in [6.07, 6.45) is -10.9. The Morgan fingerprint density at radius 2 is 1.35 bits per heavy atom. The van der Waals surface area contributed by atoms with Gasteiger partial charge in [-0.15, -0.1) is 0 Å². The number of carbonyl (C=O) groups is 4. The number of piperazine rings is 1. The molecule has 0 aliphatic carbocycles. The number of aliphatic imine (C=N–C) groups is 1. The lowest BCUT2D eigenvalue weighted by atomic mass is 9.82. The largest absolute Gasteiger partial charge is 0.453 e. The van der Waals surface area contributed by atoms with Crippen molar-refractivity contribution in [3.05, 3.63) is 100 Å². The molecule has 2 unspecified atom stereocenters. The number of allylic oxidation sites excluding steroid dienone is 1. The first-order chi connectivity index (χ1) is 36.9. The van der Waals surface area contributed by atoms with E-state index >= 15 is 8.78 Å². The van der Waals surface area contributed by atoms with Gasteiger partial charge in [0.05, 0.1) is 37.2 Å². The van der Waals surface area contributed by atoms with Gasteiger partial charge in [0.2, 0.25) is 5.91 Å². The standard InChI is InChI=1S/C52H62F10N10O7/c1-8-72-34-16-17-35(72)26-70(25-34)41-18-15-31(23-64-41)14-11-29-9-12-30(13-10-29)19-39(66-44(74)42(67-47(76)78-6)49(2,3)51(57,58)59)40(73)28-71(69-45(75)43(68-48(77)79-7)50(4,5)52(60,61)62)27-36-37(53)20-32(21-38(36)54)33(22-63)24-65-46(55)56/h9-10,12-13,15,18,20-24,34-35,39-40,42-43,46,73H,8,16-17,19,25-28,63H2,1-7H3,(H,66,74)(H,67,76)(H,68,77)(H,69,75)/t34?,35?,39-,40-,42+,43+/m0/s1. The molecule has 2 aliphatic heterocycles. The molecule has 432 valence electrons. The van der Waals surface area contributed by atoms with Gasteiger partial charge in [-0.2, -0.15) is 35.1 Å². The van der Waals surface area contributed by atoms with Crippen LogP contribution in [0.3, 0.4) is 0 Å². The third-order valence-corrected chi connectivity index (χ3v) is 14.0. The predicted octanol–water partition coefficient (Wildman–Crippen LogP) is 6.57. The summed E-state index contributed by atoms with van der Waals surface area (Å²) in [5, 5.41) is 18.4. The zero-order chi connectivity index (χ0) is 58.8. The quantitative estimate of drug-likeness (QED) is 0.0233. The van der Waals surface area contributed by atoms with Crippen molar-refractivity contribution in [2.75, 3.05) is 45.3 Å². The van der Waals surface area contributed by atoms with E-state index in [-0.39, 0.29) is 5.56 Å². The Labute approximate surface area is 449 Å². The van der Waals surface area contributed by atoms with Crippen molar-refractivity contribution in [1.82, 2.24) is 36.3 Å². The number of amides is 4. The van der Waals surface area contributed by atoms with Gasteiger partial charge >= 0.3 is 31.1 Å². The van der Waals surface area contributed by atoms with Gasteiger partial charge < -0.3 is 41.2 Å². The summed E-state index contributed by atoms with van der Waals surface area (Å²) in [5.74, 6) is 0.664. The molecule has 0 radical (unpaired) electrons. The third kappa shape index (κ3) is 15.8. The summed E-state index contributed by atoms with van der Waals surface area (Å²) >= 11 is 0. The monoisotopic (exact) mass is 1130 g/mol. The molecule has 2 fully saturated rings. The number of carbonyl (C=O) groups excluding carboxylic acids is 4. The van der Waals surface area contributed by atoms with E-state index in [9.17, 15) is 59.4 Å². The molecule has 5 rings (SSSR count). The fourth-order valence-electron chi connectivity index (χ4n) is 9.03. The molecule has 2 bridgehead atoms. The van der Waals surface area contributed by atoms with Crippen molar-refractivity contribution in [1.29, 1.82) is 0 Å². The molecule has 6 atom stereocenters. The molecule has 0 spiro atoms. The highest BCUT2D eigenvalue weighted by Gasteiger charge is 2.57. The van der Waals surface area contributed by atoms with Crippen LogP contribution >= 0.6 is 0 Å². The highest BCUT2D eigenvalue weighted by atomic mass is 19.4. The van der Waals surface area contributed by atoms with Crippen LogP contribution in [0, 0.1) is 34.3 Å². The van der Waals surface area contributed by atoms with Crippen LogP contribution in [0.5, 0.6) is 0 Å². The van der Waals surface area contributed by atoms with Crippen LogP contribution < -0.4 is 32.0 Å². The smallest absolute Gasteiger partial charge is 0.407 e. The number of hydrogen-bond acceptors (Lipinski definition) is 13. The summed E-state index contributed by atoms with van der Waals surface area (Å²) in [7, 11) is 1.59. The Bertz CT molecular complexity index is 2710. The molecule has 2 aliphatic rings. The molecule has 1 aromatic heterocycles. The number of rotatable bonds is 20. The lowest BCUT2D eigenvalue weighted by molar-refractivity contribution is -0.221. The molecule has 3 aromatic rings. The first-order valence-corrected chi connectivity index (χ1v) is 24.6. The summed E-state index contributed by atoms with van der Waals surface area (Å²) in [6.45, 7) is 1.54. The van der Waals surface area contributed by atoms with E-state index < -0.39 is 126 Å². The van der Waals surface area contributed by atoms with Gasteiger partial charge in [-0.3, -0.25) is 19.9 Å². The van der Waals surface area contributed by atoms with Gasteiger partial charge in [0.1, 0.15) is 29.5 Å². The molecule has 17 nitrogen and oxygen atoms in total. The number of aromatic nitrogens is 1. The van der Waals surface area contributed by atoms with Gasteiger partial charge in [0.25, 0.3) is 5.91 Å². The number of hydrogen-bond donors (Lipinski definition) is 6. The first-order valence-electron chi connectivity index (χ1n) is 24.6. The number of nitrogens with one attached hydrogen (secondary N) is 4. The molecule has 4 amide bonds. The number of anilines is 1. The number of nitrogens with two attached hydrogens (primary N) is 1. The van der Waals surface area contributed by atoms with Gasteiger partial charge in [-0.05, 0) is 101 Å². The zero-order valence-electron chi connectivity index (χ0n) is 44.0. The summed E-state index contributed by atoms with van der Waals surface area (Å²) in [6, 6.07) is 5.07. The molecular weight excluding hydrogens is 1070 g/mol. The minimum atomic E-state index is -5.24. The summed E-state index contributed by atoms with van der Waals surface area (Å²) < 4.78 is 154. The van der Waals surface area contributed by atoms with E-state index in [0.29, 0.717) is 80.5 Å². The number of hydrazine groups is 1. The molecule has 2 saturated heterocycles. The Balaban J connectivity index is 1.52. The Morgan fingerprint density at radius 3 is 1.82 bits per heavy atom. The number of likely N-dealkylation sites (N-methyl/N-ethyl adjacent to an activating group) is 1. The van der Waals surface area contributed by atoms with E-state index in [1.165, 1.54) is 24.3 Å². The minimum absolute atomic E-state index is 0.266. The number of fused-ring (bicyclic) bond motifs is 2. The van der Waals surface area contributed by atoms with Crippen LogP contribution in [0.1, 0.15) is 75.3 Å². The SMILES string of the molecule is CCN1C2CCC1CN(c1ccc(C#Cc3ccc(C[C@H](NC(=O)[C@@H](NC(=O)OC)C(C)(C)C(F)(F)F)[C@@H](O)CN(Cc4c(F)cc(C(C=NC(F)F)=CN)cc4F)NC(=O)[C@@H](NC(=O)OC)C(C)(C)C(F)(F)F)cc3)cn1)C2. The van der Waals surface area contributed by atoms with Crippen molar-refractivity contribution in [2.45, 2.75) is 116 Å². The van der Waals surface area contributed by atoms with E-state index in [2.05, 4.69) is 53.3 Å². The van der Waals surface area contributed by atoms with Crippen molar-refractivity contribution < 1.29 is 77.7 Å². The van der Waals surface area contributed by atoms with E-state index in [1.54, 1.807) is 11.5 Å². The topological polar surface area (TPSA) is 216 Å². The number of alkyl carbamates (subject to hydrolysis) is 2. The molecular formula is C52H62F10N10O7. The van der Waals surface area contributed by atoms with Crippen LogP contribution in [-0.4, -0.2) is 146 Å². The fourth-order valence-corrected chi connectivity index (χ4v) is 9.03. The Hall–Kier alpha value is -7.18. The second kappa shape index (κ2) is 26.2. The maximum atomic E-state index is 16.0. The number of aliphatic hydroxyl groups is 1. The lowest BCUT2D eigenvalue weighted by Crippen LogP contribution is -2.63. The normalized spacial score (nSPS) is 17.9. The predicted molar refractivity (Wildman–Crippen MR) is 270 cm³/mol. The van der Waals surface area contributed by atoms with Crippen molar-refractivity contribution >= 4 is 41.6 Å². The number of methoxy groups -OCH3 is 2. The maximum absolute atomic E-state index is 16.0. The molecule has 79 heavy (non-hydrogen) atoms. The number of ether oxygens (including phenoxy) is 2. The van der Waals surface area contributed by atoms with Crippen LogP contribution in [0.15, 0.2) is 65.9 Å². The summed E-state index contributed by atoms with van der Waals surface area (Å²) in [4.78, 5) is 65.0. The second-order valence-electron chi connectivity index (χ2n) is 19.9. The van der Waals surface area contributed by atoms with Gasteiger partial charge in [0, 0.05) is 79.1 Å². The number of nitrogens with zero attached hydrogens (tertiary/aromatic N) is 5. The first kappa shape index (κ1) is 62.7. The molecule has 2 aromatic carbocycles. The molecule has 27 heteroatoms. The third-order valence-electron chi connectivity index (χ3n) is 14.0. The number of benzene rings is 2. The Morgan fingerprint density at radius 1 is 0.835 bits per heavy atom. The number of aliphatic hydroxyl groups excluding tert-OH is 1. The van der Waals surface area contributed by atoms with E-state index in [0.717, 1.165) is 52.5 Å².